The first-order chi connectivity index (χ1) is 8.58. The highest BCUT2D eigenvalue weighted by Crippen LogP contribution is 2.25. The summed E-state index contributed by atoms with van der Waals surface area (Å²) in [5.74, 6) is 1.82. The van der Waals surface area contributed by atoms with Crippen LogP contribution in [0.3, 0.4) is 0 Å². The van der Waals surface area contributed by atoms with E-state index in [1.807, 2.05) is 26.0 Å². The van der Waals surface area contributed by atoms with Crippen LogP contribution in [0.5, 0.6) is 11.6 Å². The van der Waals surface area contributed by atoms with Gasteiger partial charge in [0, 0.05) is 23.3 Å². The molecule has 2 N–H and O–H groups in total. The number of benzene rings is 1. The third kappa shape index (κ3) is 2.97. The number of nitrogens with two attached hydrogens (primary N) is 1. The topological polar surface area (TPSA) is 61.0 Å². The Labute approximate surface area is 111 Å². The molecule has 0 radical (unpaired) electrons. The molecule has 5 heteroatoms. The van der Waals surface area contributed by atoms with Crippen molar-refractivity contribution < 1.29 is 4.74 Å². The first-order valence-corrected chi connectivity index (χ1v) is 5.95. The summed E-state index contributed by atoms with van der Waals surface area (Å²) in [6, 6.07) is 7.17. The molecule has 0 aliphatic rings. The molecule has 0 bridgehead atoms. The zero-order chi connectivity index (χ0) is 13.1. The molecule has 1 heterocycles. The summed E-state index contributed by atoms with van der Waals surface area (Å²) in [4.78, 5) is 8.39. The summed E-state index contributed by atoms with van der Waals surface area (Å²) in [6.07, 6.45) is 0. The molecule has 0 amide bonds. The summed E-state index contributed by atoms with van der Waals surface area (Å²) in [6.45, 7) is 4.13. The van der Waals surface area contributed by atoms with E-state index in [0.29, 0.717) is 29.0 Å². The Morgan fingerprint density at radius 1 is 1.22 bits per heavy atom. The third-order valence-electron chi connectivity index (χ3n) is 2.41. The molecular formula is C13H14ClN3O. The zero-order valence-corrected chi connectivity index (χ0v) is 11.0. The van der Waals surface area contributed by atoms with Gasteiger partial charge in [-0.1, -0.05) is 17.7 Å². The largest absolute Gasteiger partial charge is 0.439 e. The molecule has 2 aromatic rings. The van der Waals surface area contributed by atoms with E-state index in [4.69, 9.17) is 22.1 Å². The molecule has 0 aliphatic carbocycles. The Bertz CT molecular complexity index is 552. The lowest BCUT2D eigenvalue weighted by Crippen LogP contribution is -1.98. The van der Waals surface area contributed by atoms with Crippen molar-refractivity contribution in [3.63, 3.8) is 0 Å². The SMILES string of the molecule is Cc1cc(Oc2ccc(CN)c(Cl)c2)nc(C)n1. The Hall–Kier alpha value is -1.65. The zero-order valence-electron chi connectivity index (χ0n) is 10.3. The fourth-order valence-electron chi connectivity index (χ4n) is 1.61. The van der Waals surface area contributed by atoms with E-state index in [-0.39, 0.29) is 0 Å². The van der Waals surface area contributed by atoms with Crippen molar-refractivity contribution in [2.75, 3.05) is 0 Å². The van der Waals surface area contributed by atoms with E-state index in [2.05, 4.69) is 9.97 Å². The minimum Gasteiger partial charge on any atom is -0.439 e. The van der Waals surface area contributed by atoms with E-state index >= 15 is 0 Å². The molecule has 0 fully saturated rings. The highest BCUT2D eigenvalue weighted by molar-refractivity contribution is 6.31. The van der Waals surface area contributed by atoms with Crippen LogP contribution in [0, 0.1) is 13.8 Å². The van der Waals surface area contributed by atoms with Crippen LogP contribution < -0.4 is 10.5 Å². The molecule has 94 valence electrons. The normalized spacial score (nSPS) is 10.4. The van der Waals surface area contributed by atoms with Gasteiger partial charge in [-0.25, -0.2) is 4.98 Å². The summed E-state index contributed by atoms with van der Waals surface area (Å²) in [5.41, 5.74) is 7.30. The van der Waals surface area contributed by atoms with Crippen LogP contribution in [0.4, 0.5) is 0 Å². The first-order valence-electron chi connectivity index (χ1n) is 5.57. The van der Waals surface area contributed by atoms with E-state index in [0.717, 1.165) is 11.3 Å². The van der Waals surface area contributed by atoms with Crippen LogP contribution in [0.25, 0.3) is 0 Å². The number of ether oxygens (including phenoxy) is 1. The van der Waals surface area contributed by atoms with Gasteiger partial charge in [0.25, 0.3) is 0 Å². The van der Waals surface area contributed by atoms with E-state index in [1.54, 1.807) is 12.1 Å². The minimum atomic E-state index is 0.408. The average molecular weight is 264 g/mol. The summed E-state index contributed by atoms with van der Waals surface area (Å²) < 4.78 is 5.64. The Balaban J connectivity index is 2.25. The molecule has 0 saturated carbocycles. The molecule has 0 unspecified atom stereocenters. The van der Waals surface area contributed by atoms with Gasteiger partial charge in [-0.2, -0.15) is 4.98 Å². The van der Waals surface area contributed by atoms with Gasteiger partial charge in [0.15, 0.2) is 0 Å². The van der Waals surface area contributed by atoms with Crippen molar-refractivity contribution in [2.24, 2.45) is 5.73 Å². The van der Waals surface area contributed by atoms with E-state index < -0.39 is 0 Å². The second kappa shape index (κ2) is 5.33. The number of hydrogen-bond donors (Lipinski definition) is 1. The van der Waals surface area contributed by atoms with Crippen LogP contribution in [0.1, 0.15) is 17.1 Å². The second-order valence-electron chi connectivity index (χ2n) is 3.95. The van der Waals surface area contributed by atoms with Gasteiger partial charge in [0.1, 0.15) is 11.6 Å². The molecular weight excluding hydrogens is 250 g/mol. The smallest absolute Gasteiger partial charge is 0.222 e. The number of nitrogens with zero attached hydrogens (tertiary/aromatic N) is 2. The van der Waals surface area contributed by atoms with E-state index in [1.165, 1.54) is 0 Å². The molecule has 18 heavy (non-hydrogen) atoms. The van der Waals surface area contributed by atoms with Crippen LogP contribution in [-0.2, 0) is 6.54 Å². The monoisotopic (exact) mass is 263 g/mol. The second-order valence-corrected chi connectivity index (χ2v) is 4.36. The number of halogens is 1. The first kappa shape index (κ1) is 12.8. The fraction of sp³-hybridized carbons (Fsp3) is 0.231. The Morgan fingerprint density at radius 3 is 2.61 bits per heavy atom. The fourth-order valence-corrected chi connectivity index (χ4v) is 1.86. The number of rotatable bonds is 3. The highest BCUT2D eigenvalue weighted by atomic mass is 35.5. The number of aromatic nitrogens is 2. The van der Waals surface area contributed by atoms with Crippen molar-refractivity contribution in [1.29, 1.82) is 0 Å². The Kier molecular flexibility index (Phi) is 3.79. The number of aryl methyl sites for hydroxylation is 2. The summed E-state index contributed by atoms with van der Waals surface area (Å²) in [7, 11) is 0. The van der Waals surface area contributed by atoms with Crippen molar-refractivity contribution in [3.8, 4) is 11.6 Å². The highest BCUT2D eigenvalue weighted by Gasteiger charge is 2.04. The van der Waals surface area contributed by atoms with Gasteiger partial charge < -0.3 is 10.5 Å². The standard InChI is InChI=1S/C13H14ClN3O/c1-8-5-13(17-9(2)16-8)18-11-4-3-10(7-15)12(14)6-11/h3-6H,7,15H2,1-2H3. The molecule has 4 nitrogen and oxygen atoms in total. The van der Waals surface area contributed by atoms with Gasteiger partial charge in [-0.05, 0) is 31.5 Å². The molecule has 2 rings (SSSR count). The molecule has 0 spiro atoms. The maximum atomic E-state index is 6.07. The van der Waals surface area contributed by atoms with Crippen LogP contribution in [-0.4, -0.2) is 9.97 Å². The maximum absolute atomic E-state index is 6.07. The van der Waals surface area contributed by atoms with Gasteiger partial charge >= 0.3 is 0 Å². The van der Waals surface area contributed by atoms with Crippen molar-refractivity contribution in [1.82, 2.24) is 9.97 Å². The van der Waals surface area contributed by atoms with Gasteiger partial charge in [-0.15, -0.1) is 0 Å². The summed E-state index contributed by atoms with van der Waals surface area (Å²) >= 11 is 6.07. The molecule has 0 saturated heterocycles. The Morgan fingerprint density at radius 2 is 2.00 bits per heavy atom. The minimum absolute atomic E-state index is 0.408. The predicted molar refractivity (Wildman–Crippen MR) is 70.9 cm³/mol. The van der Waals surface area contributed by atoms with Crippen molar-refractivity contribution >= 4 is 11.6 Å². The lowest BCUT2D eigenvalue weighted by molar-refractivity contribution is 0.459. The van der Waals surface area contributed by atoms with Gasteiger partial charge in [-0.3, -0.25) is 0 Å². The lowest BCUT2D eigenvalue weighted by Gasteiger charge is -2.08. The quantitative estimate of drug-likeness (QED) is 0.925. The average Bonchev–Trinajstić information content (AvgIpc) is 2.27. The molecule has 0 aliphatic heterocycles. The predicted octanol–water partition coefficient (Wildman–Crippen LogP) is 3.00. The molecule has 0 atom stereocenters. The lowest BCUT2D eigenvalue weighted by atomic mass is 10.2. The molecule has 1 aromatic heterocycles. The third-order valence-corrected chi connectivity index (χ3v) is 2.76. The van der Waals surface area contributed by atoms with E-state index in [9.17, 15) is 0 Å². The van der Waals surface area contributed by atoms with Crippen molar-refractivity contribution in [3.05, 3.63) is 46.4 Å². The van der Waals surface area contributed by atoms with Crippen LogP contribution >= 0.6 is 11.6 Å². The van der Waals surface area contributed by atoms with Gasteiger partial charge in [0.05, 0.1) is 0 Å². The van der Waals surface area contributed by atoms with Crippen molar-refractivity contribution in [2.45, 2.75) is 20.4 Å². The molecule has 1 aromatic carbocycles. The van der Waals surface area contributed by atoms with Crippen LogP contribution in [0.15, 0.2) is 24.3 Å². The van der Waals surface area contributed by atoms with Crippen LogP contribution in [0.2, 0.25) is 5.02 Å². The van der Waals surface area contributed by atoms with Gasteiger partial charge in [0.2, 0.25) is 5.88 Å². The maximum Gasteiger partial charge on any atom is 0.222 e. The number of hydrogen-bond acceptors (Lipinski definition) is 4. The summed E-state index contributed by atoms with van der Waals surface area (Å²) in [5, 5.41) is 0.595.